The van der Waals surface area contributed by atoms with Crippen LogP contribution < -0.4 is 10.4 Å². The molecule has 18 heavy (non-hydrogen) atoms. The average molecular weight is 256 g/mol. The molecule has 4 rings (SSSR count). The largest absolute Gasteiger partial charge is 0.224 e. The third-order valence-corrected chi connectivity index (χ3v) is 3.43. The van der Waals surface area contributed by atoms with Gasteiger partial charge in [0.15, 0.2) is 11.4 Å². The van der Waals surface area contributed by atoms with E-state index < -0.39 is 0 Å². The zero-order valence-electron chi connectivity index (χ0n) is 9.58. The van der Waals surface area contributed by atoms with Crippen LogP contribution in [0.4, 0.5) is 11.4 Å². The van der Waals surface area contributed by atoms with E-state index >= 15 is 0 Å². The Kier molecular flexibility index (Phi) is 3.08. The number of nitrogens with zero attached hydrogens (tertiary/aromatic N) is 2. The first-order chi connectivity index (χ1) is 8.93. The van der Waals surface area contributed by atoms with Crippen LogP contribution in [0.25, 0.3) is 10.2 Å². The van der Waals surface area contributed by atoms with Gasteiger partial charge < -0.3 is 0 Å². The third kappa shape index (κ3) is 2.27. The molecule has 1 aromatic heterocycles. The predicted octanol–water partition coefficient (Wildman–Crippen LogP) is 2.61. The van der Waals surface area contributed by atoms with Gasteiger partial charge in [-0.25, -0.2) is 4.98 Å². The van der Waals surface area contributed by atoms with Crippen LogP contribution in [-0.2, 0) is 0 Å². The van der Waals surface area contributed by atoms with Crippen molar-refractivity contribution in [2.75, 3.05) is 0 Å². The number of benzene rings is 2. The summed E-state index contributed by atoms with van der Waals surface area (Å²) in [7, 11) is 0. The Morgan fingerprint density at radius 3 is 2.72 bits per heavy atom. The highest BCUT2D eigenvalue weighted by molar-refractivity contribution is 7.16. The second-order valence-electron chi connectivity index (χ2n) is 3.78. The molecular formula is C13H12N4S+2. The van der Waals surface area contributed by atoms with E-state index in [1.807, 2.05) is 41.9 Å². The van der Waals surface area contributed by atoms with Crippen molar-refractivity contribution in [3.63, 3.8) is 0 Å². The number of hydrogen-bond donors (Lipinski definition) is 1. The number of nitrogens with one attached hydrogen (secondary N) is 1. The fourth-order valence-electron chi connectivity index (χ4n) is 1.69. The summed E-state index contributed by atoms with van der Waals surface area (Å²) in [5, 5.41) is 7.62. The summed E-state index contributed by atoms with van der Waals surface area (Å²) < 4.78 is 1.32. The Labute approximate surface area is 108 Å². The first kappa shape index (κ1) is 11.0. The SMILES string of the molecule is c1ccc2c(c1)N=N[NH2+]2.c1ccc2sc[nH+]c2c1. The fraction of sp³-hybridized carbons (Fsp3) is 0. The number of rotatable bonds is 0. The molecule has 2 aromatic carbocycles. The van der Waals surface area contributed by atoms with Crippen molar-refractivity contribution in [3.05, 3.63) is 54.0 Å². The van der Waals surface area contributed by atoms with E-state index in [4.69, 9.17) is 0 Å². The molecule has 2 heterocycles. The summed E-state index contributed by atoms with van der Waals surface area (Å²) in [6.45, 7) is 0. The smallest absolute Gasteiger partial charge is 0.201 e. The maximum absolute atomic E-state index is 3.87. The lowest BCUT2D eigenvalue weighted by Crippen LogP contribution is -2.68. The van der Waals surface area contributed by atoms with Crippen molar-refractivity contribution in [2.45, 2.75) is 0 Å². The van der Waals surface area contributed by atoms with Gasteiger partial charge in [-0.05, 0) is 12.1 Å². The second kappa shape index (κ2) is 5.03. The molecule has 3 aromatic rings. The lowest BCUT2D eigenvalue weighted by atomic mass is 10.3. The number of quaternary nitrogens is 1. The fourth-order valence-corrected chi connectivity index (χ4v) is 2.41. The van der Waals surface area contributed by atoms with Gasteiger partial charge in [0.05, 0.1) is 0 Å². The van der Waals surface area contributed by atoms with E-state index in [-0.39, 0.29) is 0 Å². The normalized spacial score (nSPS) is 12.0. The number of aromatic amines is 1. The highest BCUT2D eigenvalue weighted by Crippen LogP contribution is 2.22. The number of para-hydroxylation sites is 1. The minimum Gasteiger partial charge on any atom is -0.201 e. The third-order valence-electron chi connectivity index (χ3n) is 2.59. The van der Waals surface area contributed by atoms with E-state index in [0.29, 0.717) is 0 Å². The molecule has 0 radical (unpaired) electrons. The summed E-state index contributed by atoms with van der Waals surface area (Å²) >= 11 is 1.73. The maximum atomic E-state index is 3.87. The van der Waals surface area contributed by atoms with Crippen LogP contribution in [0.15, 0.2) is 64.4 Å². The van der Waals surface area contributed by atoms with Crippen LogP contribution in [0.1, 0.15) is 0 Å². The topological polar surface area (TPSA) is 55.5 Å². The number of aromatic nitrogens is 1. The number of nitrogens with two attached hydrogens (primary N) is 1. The Morgan fingerprint density at radius 1 is 1.00 bits per heavy atom. The van der Waals surface area contributed by atoms with Crippen LogP contribution >= 0.6 is 11.3 Å². The molecule has 0 bridgehead atoms. The lowest BCUT2D eigenvalue weighted by Gasteiger charge is -1.84. The van der Waals surface area contributed by atoms with Crippen molar-refractivity contribution in [1.29, 1.82) is 0 Å². The first-order valence-electron chi connectivity index (χ1n) is 5.60. The van der Waals surface area contributed by atoms with Gasteiger partial charge in [0.25, 0.3) is 0 Å². The van der Waals surface area contributed by atoms with Crippen LogP contribution in [-0.4, -0.2) is 0 Å². The molecule has 0 aliphatic carbocycles. The monoisotopic (exact) mass is 256 g/mol. The van der Waals surface area contributed by atoms with Gasteiger partial charge in [-0.15, -0.1) is 0 Å². The average Bonchev–Trinajstić information content (AvgIpc) is 3.08. The molecule has 1 aliphatic heterocycles. The van der Waals surface area contributed by atoms with E-state index in [0.717, 1.165) is 11.4 Å². The van der Waals surface area contributed by atoms with Crippen molar-refractivity contribution >= 4 is 32.9 Å². The summed E-state index contributed by atoms with van der Waals surface area (Å²) in [6, 6.07) is 16.1. The highest BCUT2D eigenvalue weighted by Gasteiger charge is 2.08. The summed E-state index contributed by atoms with van der Waals surface area (Å²) in [6.07, 6.45) is 0. The summed E-state index contributed by atoms with van der Waals surface area (Å²) in [5.74, 6) is 0. The maximum Gasteiger partial charge on any atom is 0.224 e. The van der Waals surface area contributed by atoms with Gasteiger partial charge in [0.2, 0.25) is 11.0 Å². The quantitative estimate of drug-likeness (QED) is 0.475. The van der Waals surface area contributed by atoms with Crippen molar-refractivity contribution in [2.24, 2.45) is 10.3 Å². The van der Waals surface area contributed by atoms with Crippen LogP contribution in [0.5, 0.6) is 0 Å². The van der Waals surface area contributed by atoms with Crippen LogP contribution in [0.2, 0.25) is 0 Å². The summed E-state index contributed by atoms with van der Waals surface area (Å²) in [5.41, 5.74) is 7.05. The van der Waals surface area contributed by atoms with E-state index in [9.17, 15) is 0 Å². The Hall–Kier alpha value is -2.11. The van der Waals surface area contributed by atoms with Crippen molar-refractivity contribution in [1.82, 2.24) is 0 Å². The van der Waals surface area contributed by atoms with E-state index in [1.54, 1.807) is 16.8 Å². The van der Waals surface area contributed by atoms with Crippen LogP contribution in [0, 0.1) is 0 Å². The van der Waals surface area contributed by atoms with Gasteiger partial charge in [0, 0.05) is 17.4 Å². The molecule has 1 aliphatic rings. The molecule has 0 spiro atoms. The molecule has 0 amide bonds. The van der Waals surface area contributed by atoms with Crippen molar-refractivity contribution < 1.29 is 10.4 Å². The Morgan fingerprint density at radius 2 is 1.83 bits per heavy atom. The predicted molar refractivity (Wildman–Crippen MR) is 70.9 cm³/mol. The Bertz CT molecular complexity index is 660. The zero-order chi connectivity index (χ0) is 12.2. The second-order valence-corrected chi connectivity index (χ2v) is 4.69. The van der Waals surface area contributed by atoms with Gasteiger partial charge in [-0.1, -0.05) is 40.7 Å². The number of thiazole rings is 1. The molecule has 0 saturated heterocycles. The minimum atomic E-state index is 0.970. The Balaban J connectivity index is 0.000000111. The first-order valence-corrected chi connectivity index (χ1v) is 6.48. The number of H-pyrrole nitrogens is 1. The van der Waals surface area contributed by atoms with Crippen LogP contribution in [0.3, 0.4) is 0 Å². The van der Waals surface area contributed by atoms with E-state index in [1.165, 1.54) is 10.2 Å². The molecule has 0 unspecified atom stereocenters. The van der Waals surface area contributed by atoms with Gasteiger partial charge in [-0.2, -0.15) is 5.43 Å². The van der Waals surface area contributed by atoms with Gasteiger partial charge in [0.1, 0.15) is 4.70 Å². The standard InChI is InChI=1S/C7H5NS.C6H5N3/c1-2-4-7-6(3-1)8-5-9-7;1-2-4-6-5(3-1)7-9-8-6/h1-5H;1-4H,(H,7,8,9)/p+2. The molecule has 3 N–H and O–H groups in total. The molecular weight excluding hydrogens is 244 g/mol. The molecule has 0 saturated carbocycles. The van der Waals surface area contributed by atoms with Crippen molar-refractivity contribution in [3.8, 4) is 0 Å². The molecule has 4 nitrogen and oxygen atoms in total. The molecule has 88 valence electrons. The molecule has 0 fully saturated rings. The number of fused-ring (bicyclic) bond motifs is 2. The molecule has 0 atom stereocenters. The summed E-state index contributed by atoms with van der Waals surface area (Å²) in [4.78, 5) is 3.14. The zero-order valence-corrected chi connectivity index (χ0v) is 10.4. The lowest BCUT2D eigenvalue weighted by molar-refractivity contribution is -0.578. The highest BCUT2D eigenvalue weighted by atomic mass is 32.1. The minimum absolute atomic E-state index is 0.970. The van der Waals surface area contributed by atoms with E-state index in [2.05, 4.69) is 27.5 Å². The van der Waals surface area contributed by atoms with Gasteiger partial charge in [-0.3, -0.25) is 0 Å². The van der Waals surface area contributed by atoms with Gasteiger partial charge >= 0.3 is 0 Å². The molecule has 5 heteroatoms. The number of hydrogen-bond acceptors (Lipinski definition) is 3.